The van der Waals surface area contributed by atoms with Crippen molar-refractivity contribution in [3.63, 3.8) is 0 Å². The SMILES string of the molecule is COc1ccc2c(c1)CN(CCOc1cccc(N)c1)C2. The van der Waals surface area contributed by atoms with Gasteiger partial charge < -0.3 is 15.2 Å². The number of hydrogen-bond acceptors (Lipinski definition) is 4. The van der Waals surface area contributed by atoms with E-state index >= 15 is 0 Å². The second kappa shape index (κ2) is 6.06. The number of nitrogens with two attached hydrogens (primary N) is 1. The zero-order valence-electron chi connectivity index (χ0n) is 12.2. The van der Waals surface area contributed by atoms with Crippen molar-refractivity contribution in [3.8, 4) is 11.5 Å². The third-order valence-corrected chi connectivity index (χ3v) is 3.74. The van der Waals surface area contributed by atoms with Crippen LogP contribution in [0.2, 0.25) is 0 Å². The molecule has 2 aromatic carbocycles. The molecule has 2 aromatic rings. The average molecular weight is 284 g/mol. The van der Waals surface area contributed by atoms with E-state index in [1.54, 1.807) is 7.11 Å². The van der Waals surface area contributed by atoms with E-state index in [0.717, 1.165) is 36.8 Å². The van der Waals surface area contributed by atoms with Gasteiger partial charge in [-0.15, -0.1) is 0 Å². The lowest BCUT2D eigenvalue weighted by atomic mass is 10.1. The lowest BCUT2D eigenvalue weighted by molar-refractivity contribution is 0.211. The highest BCUT2D eigenvalue weighted by atomic mass is 16.5. The van der Waals surface area contributed by atoms with E-state index in [2.05, 4.69) is 17.0 Å². The van der Waals surface area contributed by atoms with E-state index in [4.69, 9.17) is 15.2 Å². The number of fused-ring (bicyclic) bond motifs is 1. The highest BCUT2D eigenvalue weighted by Crippen LogP contribution is 2.26. The summed E-state index contributed by atoms with van der Waals surface area (Å²) in [4.78, 5) is 2.37. The number of hydrogen-bond donors (Lipinski definition) is 1. The third-order valence-electron chi connectivity index (χ3n) is 3.74. The fraction of sp³-hybridized carbons (Fsp3) is 0.294. The quantitative estimate of drug-likeness (QED) is 0.858. The summed E-state index contributed by atoms with van der Waals surface area (Å²) in [5.74, 6) is 1.75. The van der Waals surface area contributed by atoms with E-state index in [0.29, 0.717) is 6.61 Å². The Morgan fingerprint density at radius 2 is 1.90 bits per heavy atom. The van der Waals surface area contributed by atoms with Gasteiger partial charge in [-0.05, 0) is 35.4 Å². The van der Waals surface area contributed by atoms with Crippen molar-refractivity contribution in [3.05, 3.63) is 53.6 Å². The van der Waals surface area contributed by atoms with Crippen molar-refractivity contribution in [1.29, 1.82) is 0 Å². The lowest BCUT2D eigenvalue weighted by Gasteiger charge is -2.15. The molecule has 0 aliphatic carbocycles. The zero-order valence-corrected chi connectivity index (χ0v) is 12.2. The normalized spacial score (nSPS) is 14.0. The molecule has 0 atom stereocenters. The fourth-order valence-corrected chi connectivity index (χ4v) is 2.62. The van der Waals surface area contributed by atoms with E-state index in [1.807, 2.05) is 30.3 Å². The first-order chi connectivity index (χ1) is 10.2. The maximum Gasteiger partial charge on any atom is 0.121 e. The Hall–Kier alpha value is -2.20. The molecule has 110 valence electrons. The molecule has 0 saturated carbocycles. The monoisotopic (exact) mass is 284 g/mol. The topological polar surface area (TPSA) is 47.7 Å². The van der Waals surface area contributed by atoms with Crippen molar-refractivity contribution in [2.24, 2.45) is 0 Å². The Bertz CT molecular complexity index is 628. The van der Waals surface area contributed by atoms with Crippen molar-refractivity contribution in [1.82, 2.24) is 4.90 Å². The molecule has 3 rings (SSSR count). The minimum atomic E-state index is 0.661. The number of methoxy groups -OCH3 is 1. The third kappa shape index (κ3) is 3.28. The predicted molar refractivity (Wildman–Crippen MR) is 83.5 cm³/mol. The Morgan fingerprint density at radius 3 is 2.71 bits per heavy atom. The largest absolute Gasteiger partial charge is 0.497 e. The molecule has 0 saturated heterocycles. The fourth-order valence-electron chi connectivity index (χ4n) is 2.62. The molecule has 0 fully saturated rings. The van der Waals surface area contributed by atoms with Crippen LogP contribution in [0.25, 0.3) is 0 Å². The van der Waals surface area contributed by atoms with E-state index < -0.39 is 0 Å². The summed E-state index contributed by atoms with van der Waals surface area (Å²) in [5, 5.41) is 0. The standard InChI is InChI=1S/C17H20N2O2/c1-20-16-6-5-13-11-19(12-14(13)9-16)7-8-21-17-4-2-3-15(18)10-17/h2-6,9-10H,7-8,11-12,18H2,1H3. The van der Waals surface area contributed by atoms with Gasteiger partial charge in [0.25, 0.3) is 0 Å². The Labute approximate surface area is 125 Å². The molecule has 0 bridgehead atoms. The van der Waals surface area contributed by atoms with Crippen molar-refractivity contribution in [2.45, 2.75) is 13.1 Å². The molecule has 0 radical (unpaired) electrons. The molecule has 2 N–H and O–H groups in total. The van der Waals surface area contributed by atoms with Gasteiger partial charge in [-0.25, -0.2) is 0 Å². The van der Waals surface area contributed by atoms with Crippen LogP contribution in [-0.2, 0) is 13.1 Å². The maximum atomic E-state index is 5.75. The molecule has 4 nitrogen and oxygen atoms in total. The van der Waals surface area contributed by atoms with Crippen molar-refractivity contribution >= 4 is 5.69 Å². The highest BCUT2D eigenvalue weighted by Gasteiger charge is 2.19. The second-order valence-corrected chi connectivity index (χ2v) is 5.27. The van der Waals surface area contributed by atoms with Gasteiger partial charge in [-0.3, -0.25) is 4.90 Å². The number of nitrogens with zero attached hydrogens (tertiary/aromatic N) is 1. The number of benzene rings is 2. The maximum absolute atomic E-state index is 5.75. The van der Waals surface area contributed by atoms with Gasteiger partial charge in [0.1, 0.15) is 18.1 Å². The van der Waals surface area contributed by atoms with Crippen LogP contribution in [0.1, 0.15) is 11.1 Å². The molecule has 1 heterocycles. The summed E-state index contributed by atoms with van der Waals surface area (Å²) in [6.07, 6.45) is 0. The van der Waals surface area contributed by atoms with Crippen molar-refractivity contribution in [2.75, 3.05) is 26.0 Å². The summed E-state index contributed by atoms with van der Waals surface area (Å²) in [5.41, 5.74) is 9.19. The summed E-state index contributed by atoms with van der Waals surface area (Å²) in [6.45, 7) is 3.48. The molecule has 21 heavy (non-hydrogen) atoms. The van der Waals surface area contributed by atoms with Crippen molar-refractivity contribution < 1.29 is 9.47 Å². The van der Waals surface area contributed by atoms with Gasteiger partial charge in [0.2, 0.25) is 0 Å². The van der Waals surface area contributed by atoms with Gasteiger partial charge in [-0.2, -0.15) is 0 Å². The van der Waals surface area contributed by atoms with Crippen LogP contribution >= 0.6 is 0 Å². The average Bonchev–Trinajstić information content (AvgIpc) is 2.89. The van der Waals surface area contributed by atoms with Crippen LogP contribution in [0.4, 0.5) is 5.69 Å². The van der Waals surface area contributed by atoms with E-state index in [-0.39, 0.29) is 0 Å². The first kappa shape index (κ1) is 13.8. The Kier molecular flexibility index (Phi) is 3.97. The molecule has 0 aromatic heterocycles. The molecule has 1 aliphatic heterocycles. The van der Waals surface area contributed by atoms with Crippen LogP contribution in [0.5, 0.6) is 11.5 Å². The summed E-state index contributed by atoms with van der Waals surface area (Å²) in [6, 6.07) is 13.8. The van der Waals surface area contributed by atoms with Crippen LogP contribution in [0.15, 0.2) is 42.5 Å². The smallest absolute Gasteiger partial charge is 0.121 e. The van der Waals surface area contributed by atoms with Crippen LogP contribution in [0, 0.1) is 0 Å². The molecule has 1 aliphatic rings. The van der Waals surface area contributed by atoms with Gasteiger partial charge >= 0.3 is 0 Å². The molecular formula is C17H20N2O2. The summed E-state index contributed by atoms with van der Waals surface area (Å²) >= 11 is 0. The van der Waals surface area contributed by atoms with E-state index in [1.165, 1.54) is 11.1 Å². The predicted octanol–water partition coefficient (Wildman–Crippen LogP) is 2.67. The van der Waals surface area contributed by atoms with Crippen LogP contribution in [0.3, 0.4) is 0 Å². The number of ether oxygens (including phenoxy) is 2. The molecule has 0 spiro atoms. The number of rotatable bonds is 5. The van der Waals surface area contributed by atoms with Gasteiger partial charge in [0.15, 0.2) is 0 Å². The first-order valence-corrected chi connectivity index (χ1v) is 7.11. The number of anilines is 1. The summed E-state index contributed by atoms with van der Waals surface area (Å²) < 4.78 is 11.0. The van der Waals surface area contributed by atoms with E-state index in [9.17, 15) is 0 Å². The first-order valence-electron chi connectivity index (χ1n) is 7.11. The Balaban J connectivity index is 1.52. The minimum absolute atomic E-state index is 0.661. The second-order valence-electron chi connectivity index (χ2n) is 5.27. The van der Waals surface area contributed by atoms with Crippen LogP contribution in [-0.4, -0.2) is 25.2 Å². The highest BCUT2D eigenvalue weighted by molar-refractivity contribution is 5.43. The minimum Gasteiger partial charge on any atom is -0.497 e. The Morgan fingerprint density at radius 1 is 1.05 bits per heavy atom. The summed E-state index contributed by atoms with van der Waals surface area (Å²) in [7, 11) is 1.70. The molecule has 4 heteroatoms. The van der Waals surface area contributed by atoms with Gasteiger partial charge in [0.05, 0.1) is 7.11 Å². The van der Waals surface area contributed by atoms with Gasteiger partial charge in [-0.1, -0.05) is 12.1 Å². The zero-order chi connectivity index (χ0) is 14.7. The molecular weight excluding hydrogens is 264 g/mol. The lowest BCUT2D eigenvalue weighted by Crippen LogP contribution is -2.22. The molecule has 0 amide bonds. The van der Waals surface area contributed by atoms with Crippen LogP contribution < -0.4 is 15.2 Å². The van der Waals surface area contributed by atoms with Gasteiger partial charge in [0, 0.05) is 31.4 Å². The molecule has 0 unspecified atom stereocenters. The number of nitrogen functional groups attached to an aromatic ring is 1.